The average molecular weight is 451 g/mol. The quantitative estimate of drug-likeness (QED) is 0.437. The van der Waals surface area contributed by atoms with E-state index in [1.54, 1.807) is 41.8 Å². The number of nitrogens with zero attached hydrogens (tertiary/aromatic N) is 2. The molecule has 168 valence electrons. The van der Waals surface area contributed by atoms with Crippen molar-refractivity contribution < 1.29 is 9.59 Å². The van der Waals surface area contributed by atoms with E-state index in [2.05, 4.69) is 40.4 Å². The first kappa shape index (κ1) is 23.5. The van der Waals surface area contributed by atoms with Gasteiger partial charge in [-0.05, 0) is 68.0 Å². The molecule has 0 saturated heterocycles. The summed E-state index contributed by atoms with van der Waals surface area (Å²) in [5, 5.41) is 7.85. The Kier molecular flexibility index (Phi) is 8.80. The molecule has 0 saturated carbocycles. The Hall–Kier alpha value is -3.19. The molecule has 2 aromatic heterocycles. The smallest absolute Gasteiger partial charge is 0.251 e. The maximum absolute atomic E-state index is 12.6. The van der Waals surface area contributed by atoms with Gasteiger partial charge in [-0.25, -0.2) is 4.98 Å². The summed E-state index contributed by atoms with van der Waals surface area (Å²) in [6.45, 7) is 6.40. The fourth-order valence-corrected chi connectivity index (χ4v) is 4.13. The maximum atomic E-state index is 12.6. The van der Waals surface area contributed by atoms with Crippen LogP contribution in [0.1, 0.15) is 47.5 Å². The molecule has 6 nitrogen and oxygen atoms in total. The van der Waals surface area contributed by atoms with Crippen molar-refractivity contribution in [3.05, 3.63) is 76.1 Å². The summed E-state index contributed by atoms with van der Waals surface area (Å²) < 4.78 is 0. The molecule has 3 rings (SSSR count). The van der Waals surface area contributed by atoms with Gasteiger partial charge in [0.2, 0.25) is 5.91 Å². The fraction of sp³-hybridized carbons (Fsp3) is 0.320. The van der Waals surface area contributed by atoms with Gasteiger partial charge in [-0.2, -0.15) is 0 Å². The lowest BCUT2D eigenvalue weighted by Gasteiger charge is -2.19. The molecule has 0 aliphatic rings. The summed E-state index contributed by atoms with van der Waals surface area (Å²) in [4.78, 5) is 32.8. The second-order valence-electron chi connectivity index (χ2n) is 7.44. The summed E-state index contributed by atoms with van der Waals surface area (Å²) in [5.41, 5.74) is 2.07. The number of aryl methyl sites for hydroxylation is 1. The lowest BCUT2D eigenvalue weighted by molar-refractivity contribution is -0.116. The molecule has 0 radical (unpaired) electrons. The molecule has 0 aliphatic carbocycles. The van der Waals surface area contributed by atoms with E-state index < -0.39 is 0 Å². The highest BCUT2D eigenvalue weighted by molar-refractivity contribution is 7.09. The molecule has 0 unspecified atom stereocenters. The molecule has 0 atom stereocenters. The van der Waals surface area contributed by atoms with E-state index in [4.69, 9.17) is 0 Å². The topological polar surface area (TPSA) is 74.3 Å². The Morgan fingerprint density at radius 3 is 2.59 bits per heavy atom. The number of thiophene rings is 1. The van der Waals surface area contributed by atoms with E-state index in [0.717, 1.165) is 37.3 Å². The minimum atomic E-state index is -0.188. The largest absolute Gasteiger partial charge is 0.357 e. The molecular formula is C25H30N4O2S. The predicted molar refractivity (Wildman–Crippen MR) is 131 cm³/mol. The molecule has 3 aromatic rings. The minimum Gasteiger partial charge on any atom is -0.357 e. The van der Waals surface area contributed by atoms with Gasteiger partial charge in [-0.1, -0.05) is 18.2 Å². The number of hydrogen-bond acceptors (Lipinski definition) is 5. The number of anilines is 2. The molecule has 2 heterocycles. The number of carbonyl (C=O) groups excluding carboxylic acids is 2. The van der Waals surface area contributed by atoms with Crippen molar-refractivity contribution in [2.24, 2.45) is 0 Å². The monoisotopic (exact) mass is 450 g/mol. The van der Waals surface area contributed by atoms with E-state index in [-0.39, 0.29) is 11.8 Å². The number of rotatable bonds is 11. The Morgan fingerprint density at radius 2 is 1.91 bits per heavy atom. The molecule has 2 amide bonds. The standard InChI is InChI=1S/C25H30N4O2S/c1-3-29(4-2)23-14-13-19(17-26-23)18-27-25(31)20-8-5-9-21(16-20)28-24(30)12-6-10-22-11-7-15-32-22/h5,7-9,11,13-17H,3-4,6,10,12,18H2,1-2H3,(H,27,31)(H,28,30). The summed E-state index contributed by atoms with van der Waals surface area (Å²) in [5.74, 6) is 0.703. The van der Waals surface area contributed by atoms with Crippen LogP contribution in [-0.2, 0) is 17.8 Å². The Labute approximate surface area is 193 Å². The van der Waals surface area contributed by atoms with Gasteiger partial charge >= 0.3 is 0 Å². The summed E-state index contributed by atoms with van der Waals surface area (Å²) >= 11 is 1.71. The first-order chi connectivity index (χ1) is 15.6. The number of benzene rings is 1. The van der Waals surface area contributed by atoms with Crippen molar-refractivity contribution in [2.75, 3.05) is 23.3 Å². The third-order valence-electron chi connectivity index (χ3n) is 5.17. The zero-order chi connectivity index (χ0) is 22.8. The van der Waals surface area contributed by atoms with Crippen molar-refractivity contribution in [2.45, 2.75) is 39.7 Å². The zero-order valence-electron chi connectivity index (χ0n) is 18.6. The van der Waals surface area contributed by atoms with Gasteiger partial charge < -0.3 is 15.5 Å². The van der Waals surface area contributed by atoms with Crippen LogP contribution in [0.3, 0.4) is 0 Å². The number of aromatic nitrogens is 1. The number of amides is 2. The second-order valence-corrected chi connectivity index (χ2v) is 8.47. The summed E-state index contributed by atoms with van der Waals surface area (Å²) in [6.07, 6.45) is 3.94. The Morgan fingerprint density at radius 1 is 1.06 bits per heavy atom. The van der Waals surface area contributed by atoms with Crippen LogP contribution < -0.4 is 15.5 Å². The van der Waals surface area contributed by atoms with E-state index >= 15 is 0 Å². The first-order valence-electron chi connectivity index (χ1n) is 11.0. The fourth-order valence-electron chi connectivity index (χ4n) is 3.38. The van der Waals surface area contributed by atoms with E-state index in [9.17, 15) is 9.59 Å². The SMILES string of the molecule is CCN(CC)c1ccc(CNC(=O)c2cccc(NC(=O)CCCc3cccs3)c2)cn1. The summed E-state index contributed by atoms with van der Waals surface area (Å²) in [7, 11) is 0. The normalized spacial score (nSPS) is 10.6. The van der Waals surface area contributed by atoms with Crippen molar-refractivity contribution in [3.8, 4) is 0 Å². The highest BCUT2D eigenvalue weighted by Crippen LogP contribution is 2.15. The molecule has 2 N–H and O–H groups in total. The lowest BCUT2D eigenvalue weighted by Crippen LogP contribution is -2.24. The van der Waals surface area contributed by atoms with Gasteiger partial charge in [-0.15, -0.1) is 11.3 Å². The highest BCUT2D eigenvalue weighted by Gasteiger charge is 2.09. The van der Waals surface area contributed by atoms with Crippen LogP contribution in [0.15, 0.2) is 60.1 Å². The molecule has 1 aromatic carbocycles. The number of pyridine rings is 1. The van der Waals surface area contributed by atoms with E-state index in [1.807, 2.05) is 23.6 Å². The predicted octanol–water partition coefficient (Wildman–Crippen LogP) is 4.88. The van der Waals surface area contributed by atoms with Crippen LogP contribution in [0, 0.1) is 0 Å². The number of nitrogens with one attached hydrogen (secondary N) is 2. The van der Waals surface area contributed by atoms with Gasteiger partial charge in [0.15, 0.2) is 0 Å². The Bertz CT molecular complexity index is 999. The van der Waals surface area contributed by atoms with E-state index in [1.165, 1.54) is 4.88 Å². The Balaban J connectivity index is 1.48. The van der Waals surface area contributed by atoms with Crippen LogP contribution in [-0.4, -0.2) is 29.9 Å². The molecular weight excluding hydrogens is 420 g/mol. The van der Waals surface area contributed by atoms with Crippen LogP contribution >= 0.6 is 11.3 Å². The first-order valence-corrected chi connectivity index (χ1v) is 11.9. The van der Waals surface area contributed by atoms with Gasteiger partial charge in [0, 0.05) is 48.4 Å². The zero-order valence-corrected chi connectivity index (χ0v) is 19.5. The summed E-state index contributed by atoms with van der Waals surface area (Å²) in [6, 6.07) is 15.1. The van der Waals surface area contributed by atoms with Gasteiger partial charge in [0.1, 0.15) is 5.82 Å². The molecule has 0 spiro atoms. The third kappa shape index (κ3) is 6.92. The number of hydrogen-bond donors (Lipinski definition) is 2. The van der Waals surface area contributed by atoms with Crippen molar-refractivity contribution in [1.29, 1.82) is 0 Å². The van der Waals surface area contributed by atoms with Gasteiger partial charge in [-0.3, -0.25) is 9.59 Å². The molecule has 32 heavy (non-hydrogen) atoms. The van der Waals surface area contributed by atoms with Crippen LogP contribution in [0.4, 0.5) is 11.5 Å². The highest BCUT2D eigenvalue weighted by atomic mass is 32.1. The van der Waals surface area contributed by atoms with E-state index in [0.29, 0.717) is 24.2 Å². The minimum absolute atomic E-state index is 0.0431. The molecule has 0 bridgehead atoms. The maximum Gasteiger partial charge on any atom is 0.251 e. The number of carbonyl (C=O) groups is 2. The molecule has 7 heteroatoms. The van der Waals surface area contributed by atoms with Crippen molar-refractivity contribution >= 4 is 34.7 Å². The second kappa shape index (κ2) is 12.0. The van der Waals surface area contributed by atoms with Crippen LogP contribution in [0.2, 0.25) is 0 Å². The van der Waals surface area contributed by atoms with Crippen LogP contribution in [0.25, 0.3) is 0 Å². The van der Waals surface area contributed by atoms with Gasteiger partial charge in [0.05, 0.1) is 0 Å². The molecule has 0 fully saturated rings. The molecule has 0 aliphatic heterocycles. The average Bonchev–Trinajstić information content (AvgIpc) is 3.33. The third-order valence-corrected chi connectivity index (χ3v) is 6.10. The van der Waals surface area contributed by atoms with Crippen molar-refractivity contribution in [1.82, 2.24) is 10.3 Å². The van der Waals surface area contributed by atoms with Crippen molar-refractivity contribution in [3.63, 3.8) is 0 Å². The van der Waals surface area contributed by atoms with Gasteiger partial charge in [0.25, 0.3) is 5.91 Å². The lowest BCUT2D eigenvalue weighted by atomic mass is 10.1. The van der Waals surface area contributed by atoms with Crippen LogP contribution in [0.5, 0.6) is 0 Å².